The minimum Gasteiger partial charge on any atom is -0.349 e. The fourth-order valence-corrected chi connectivity index (χ4v) is 2.90. The van der Waals surface area contributed by atoms with Crippen LogP contribution in [0.15, 0.2) is 24.3 Å². The van der Waals surface area contributed by atoms with Gasteiger partial charge >= 0.3 is 0 Å². The number of halogens is 1. The molecule has 3 nitrogen and oxygen atoms in total. The molecule has 104 valence electrons. The van der Waals surface area contributed by atoms with E-state index in [1.165, 1.54) is 0 Å². The van der Waals surface area contributed by atoms with Crippen LogP contribution < -0.4 is 10.6 Å². The monoisotopic (exact) mass is 280 g/mol. The molecule has 0 radical (unpaired) electrons. The summed E-state index contributed by atoms with van der Waals surface area (Å²) in [5.41, 5.74) is 0.972. The van der Waals surface area contributed by atoms with Crippen molar-refractivity contribution in [2.75, 3.05) is 6.54 Å². The number of carbonyl (C=O) groups is 1. The quantitative estimate of drug-likeness (QED) is 0.894. The van der Waals surface area contributed by atoms with E-state index in [2.05, 4.69) is 17.6 Å². The fraction of sp³-hybridized carbons (Fsp3) is 0.533. The molecular weight excluding hydrogens is 260 g/mol. The van der Waals surface area contributed by atoms with Gasteiger partial charge in [-0.15, -0.1) is 0 Å². The summed E-state index contributed by atoms with van der Waals surface area (Å²) in [7, 11) is 0. The Labute approximate surface area is 119 Å². The normalized spacial score (nSPS) is 24.8. The SMILES string of the molecule is CC1CC(C(=O)NC(C)c2ccccc2Cl)CCN1. The van der Waals surface area contributed by atoms with Crippen LogP contribution in [0.25, 0.3) is 0 Å². The molecule has 1 aromatic carbocycles. The summed E-state index contributed by atoms with van der Waals surface area (Å²) in [6.07, 6.45) is 1.81. The van der Waals surface area contributed by atoms with E-state index in [4.69, 9.17) is 11.6 Å². The van der Waals surface area contributed by atoms with E-state index in [1.807, 2.05) is 31.2 Å². The molecule has 19 heavy (non-hydrogen) atoms. The maximum absolute atomic E-state index is 12.3. The predicted molar refractivity (Wildman–Crippen MR) is 78.2 cm³/mol. The molecule has 0 spiro atoms. The number of rotatable bonds is 3. The standard InChI is InChI=1S/C15H21ClN2O/c1-10-9-12(7-8-17-10)15(19)18-11(2)13-5-3-4-6-14(13)16/h3-6,10-12,17H,7-9H2,1-2H3,(H,18,19). The van der Waals surface area contributed by atoms with E-state index in [1.54, 1.807) is 0 Å². The largest absolute Gasteiger partial charge is 0.349 e. The van der Waals surface area contributed by atoms with Crippen molar-refractivity contribution in [3.63, 3.8) is 0 Å². The maximum atomic E-state index is 12.3. The average molecular weight is 281 g/mol. The van der Waals surface area contributed by atoms with Gasteiger partial charge in [-0.3, -0.25) is 4.79 Å². The van der Waals surface area contributed by atoms with Gasteiger partial charge in [0.2, 0.25) is 5.91 Å². The number of hydrogen-bond donors (Lipinski definition) is 2. The molecule has 3 unspecified atom stereocenters. The molecule has 1 heterocycles. The first-order valence-electron chi connectivity index (χ1n) is 6.86. The fourth-order valence-electron chi connectivity index (χ4n) is 2.61. The summed E-state index contributed by atoms with van der Waals surface area (Å²) in [4.78, 5) is 12.3. The van der Waals surface area contributed by atoms with Crippen molar-refractivity contribution in [2.24, 2.45) is 5.92 Å². The van der Waals surface area contributed by atoms with Gasteiger partial charge in [-0.05, 0) is 44.9 Å². The molecule has 2 rings (SSSR count). The van der Waals surface area contributed by atoms with Crippen molar-refractivity contribution in [2.45, 2.75) is 38.8 Å². The molecule has 1 aromatic rings. The molecule has 1 aliphatic heterocycles. The molecule has 3 atom stereocenters. The van der Waals surface area contributed by atoms with Crippen molar-refractivity contribution >= 4 is 17.5 Å². The molecule has 1 saturated heterocycles. The van der Waals surface area contributed by atoms with E-state index in [0.717, 1.165) is 24.9 Å². The zero-order valence-electron chi connectivity index (χ0n) is 11.4. The highest BCUT2D eigenvalue weighted by Gasteiger charge is 2.25. The van der Waals surface area contributed by atoms with Gasteiger partial charge in [-0.25, -0.2) is 0 Å². The first-order valence-corrected chi connectivity index (χ1v) is 7.24. The van der Waals surface area contributed by atoms with E-state index in [9.17, 15) is 4.79 Å². The van der Waals surface area contributed by atoms with Gasteiger partial charge in [0.15, 0.2) is 0 Å². The molecule has 0 saturated carbocycles. The summed E-state index contributed by atoms with van der Waals surface area (Å²) in [6, 6.07) is 8.02. The van der Waals surface area contributed by atoms with Gasteiger partial charge in [-0.2, -0.15) is 0 Å². The van der Waals surface area contributed by atoms with Crippen molar-refractivity contribution in [1.82, 2.24) is 10.6 Å². The maximum Gasteiger partial charge on any atom is 0.223 e. The predicted octanol–water partition coefficient (Wildman–Crippen LogP) is 2.91. The lowest BCUT2D eigenvalue weighted by atomic mass is 9.92. The van der Waals surface area contributed by atoms with Crippen LogP contribution in [0.2, 0.25) is 5.02 Å². The average Bonchev–Trinajstić information content (AvgIpc) is 2.39. The van der Waals surface area contributed by atoms with Crippen LogP contribution >= 0.6 is 11.6 Å². The van der Waals surface area contributed by atoms with Crippen molar-refractivity contribution < 1.29 is 4.79 Å². The third-order valence-corrected chi connectivity index (χ3v) is 4.07. The molecule has 4 heteroatoms. The summed E-state index contributed by atoms with van der Waals surface area (Å²) in [6.45, 7) is 5.01. The Morgan fingerprint density at radius 2 is 2.21 bits per heavy atom. The first kappa shape index (κ1) is 14.4. The van der Waals surface area contributed by atoms with E-state index >= 15 is 0 Å². The lowest BCUT2D eigenvalue weighted by Gasteiger charge is -2.28. The minimum absolute atomic E-state index is 0.0496. The third kappa shape index (κ3) is 3.71. The number of benzene rings is 1. The van der Waals surface area contributed by atoms with Gasteiger partial charge in [-0.1, -0.05) is 29.8 Å². The summed E-state index contributed by atoms with van der Waals surface area (Å²) < 4.78 is 0. The number of nitrogens with one attached hydrogen (secondary N) is 2. The van der Waals surface area contributed by atoms with Gasteiger partial charge < -0.3 is 10.6 Å². The van der Waals surface area contributed by atoms with Crippen LogP contribution in [0, 0.1) is 5.92 Å². The Balaban J connectivity index is 1.97. The third-order valence-electron chi connectivity index (χ3n) is 3.72. The van der Waals surface area contributed by atoms with Gasteiger partial charge in [0.05, 0.1) is 6.04 Å². The second-order valence-electron chi connectivity index (χ2n) is 5.33. The Hall–Kier alpha value is -1.06. The van der Waals surface area contributed by atoms with Crippen LogP contribution in [0.1, 0.15) is 38.3 Å². The molecule has 1 aliphatic rings. The Morgan fingerprint density at radius 1 is 1.47 bits per heavy atom. The zero-order chi connectivity index (χ0) is 13.8. The van der Waals surface area contributed by atoms with Gasteiger partial charge in [0.1, 0.15) is 0 Å². The molecule has 0 aromatic heterocycles. The summed E-state index contributed by atoms with van der Waals surface area (Å²) in [5.74, 6) is 0.252. The van der Waals surface area contributed by atoms with E-state index < -0.39 is 0 Å². The molecule has 0 aliphatic carbocycles. The highest BCUT2D eigenvalue weighted by atomic mass is 35.5. The first-order chi connectivity index (χ1) is 9.08. The lowest BCUT2D eigenvalue weighted by molar-refractivity contribution is -0.126. The lowest BCUT2D eigenvalue weighted by Crippen LogP contribution is -2.43. The molecule has 0 bridgehead atoms. The Bertz CT molecular complexity index is 450. The Morgan fingerprint density at radius 3 is 2.89 bits per heavy atom. The molecule has 2 N–H and O–H groups in total. The second-order valence-corrected chi connectivity index (χ2v) is 5.74. The molecule has 1 amide bonds. The van der Waals surface area contributed by atoms with E-state index in [-0.39, 0.29) is 17.9 Å². The molecular formula is C15H21ClN2O. The van der Waals surface area contributed by atoms with Crippen molar-refractivity contribution in [3.05, 3.63) is 34.9 Å². The van der Waals surface area contributed by atoms with Gasteiger partial charge in [0.25, 0.3) is 0 Å². The summed E-state index contributed by atoms with van der Waals surface area (Å²) >= 11 is 6.15. The number of carbonyl (C=O) groups excluding carboxylic acids is 1. The molecule has 1 fully saturated rings. The van der Waals surface area contributed by atoms with Crippen LogP contribution in [0.4, 0.5) is 0 Å². The number of amides is 1. The highest BCUT2D eigenvalue weighted by molar-refractivity contribution is 6.31. The van der Waals surface area contributed by atoms with Crippen molar-refractivity contribution in [1.29, 1.82) is 0 Å². The second kappa shape index (κ2) is 6.40. The van der Waals surface area contributed by atoms with Crippen LogP contribution in [0.3, 0.4) is 0 Å². The smallest absolute Gasteiger partial charge is 0.223 e. The Kier molecular flexibility index (Phi) is 4.83. The van der Waals surface area contributed by atoms with Crippen LogP contribution in [0.5, 0.6) is 0 Å². The van der Waals surface area contributed by atoms with Crippen molar-refractivity contribution in [3.8, 4) is 0 Å². The minimum atomic E-state index is -0.0496. The zero-order valence-corrected chi connectivity index (χ0v) is 12.2. The number of hydrogen-bond acceptors (Lipinski definition) is 2. The van der Waals surface area contributed by atoms with E-state index in [0.29, 0.717) is 11.1 Å². The topological polar surface area (TPSA) is 41.1 Å². The van der Waals surface area contributed by atoms with Gasteiger partial charge in [0, 0.05) is 17.0 Å². The number of piperidine rings is 1. The van der Waals surface area contributed by atoms with Crippen LogP contribution in [-0.4, -0.2) is 18.5 Å². The highest BCUT2D eigenvalue weighted by Crippen LogP contribution is 2.23. The summed E-state index contributed by atoms with van der Waals surface area (Å²) in [5, 5.41) is 7.14. The van der Waals surface area contributed by atoms with Crippen LogP contribution in [-0.2, 0) is 4.79 Å².